The second-order valence-corrected chi connectivity index (χ2v) is 8.20. The van der Waals surface area contributed by atoms with Gasteiger partial charge in [-0.15, -0.1) is 10.2 Å². The van der Waals surface area contributed by atoms with Gasteiger partial charge >= 0.3 is 0 Å². The summed E-state index contributed by atoms with van der Waals surface area (Å²) < 4.78 is 6.80. The van der Waals surface area contributed by atoms with Crippen molar-refractivity contribution in [1.29, 1.82) is 0 Å². The summed E-state index contributed by atoms with van der Waals surface area (Å²) in [5, 5.41) is 21.3. The van der Waals surface area contributed by atoms with Crippen molar-refractivity contribution in [3.8, 4) is 11.4 Å². The number of hydrogen-bond donors (Lipinski definition) is 0. The molecule has 2 aromatic heterocycles. The number of nitro benzene ring substituents is 1. The summed E-state index contributed by atoms with van der Waals surface area (Å²) in [6.45, 7) is 3.59. The Hall–Kier alpha value is -4.12. The van der Waals surface area contributed by atoms with E-state index in [0.29, 0.717) is 42.6 Å². The van der Waals surface area contributed by atoms with E-state index in [2.05, 4.69) is 15.1 Å². The molecular formula is C23H23N7O4. The number of amides is 1. The van der Waals surface area contributed by atoms with E-state index in [-0.39, 0.29) is 24.2 Å². The van der Waals surface area contributed by atoms with Crippen molar-refractivity contribution in [2.24, 2.45) is 0 Å². The minimum absolute atomic E-state index is 0.0378. The van der Waals surface area contributed by atoms with Crippen LogP contribution in [-0.2, 0) is 9.53 Å². The SMILES string of the molecule is COCC(=O)N1CCN(c2nc3ccccc3c3nnc(-c4ccccc4[N+](=O)[O-])n23)C[C@@H]1C. The summed E-state index contributed by atoms with van der Waals surface area (Å²) in [7, 11) is 1.50. The second kappa shape index (κ2) is 8.67. The number of carbonyl (C=O) groups excluding carboxylic acids is 1. The van der Waals surface area contributed by atoms with Crippen molar-refractivity contribution in [1.82, 2.24) is 24.5 Å². The molecule has 11 heteroatoms. The number of aromatic nitrogens is 4. The number of benzene rings is 2. The van der Waals surface area contributed by atoms with Gasteiger partial charge in [-0.25, -0.2) is 9.38 Å². The molecule has 5 rings (SSSR count). The van der Waals surface area contributed by atoms with Gasteiger partial charge in [-0.2, -0.15) is 0 Å². The number of anilines is 1. The molecule has 3 heterocycles. The highest BCUT2D eigenvalue weighted by Crippen LogP contribution is 2.33. The van der Waals surface area contributed by atoms with Crippen LogP contribution in [0.5, 0.6) is 0 Å². The molecule has 0 saturated carbocycles. The van der Waals surface area contributed by atoms with Crippen LogP contribution in [0.4, 0.5) is 11.6 Å². The summed E-state index contributed by atoms with van der Waals surface area (Å²) in [4.78, 5) is 32.5. The van der Waals surface area contributed by atoms with Gasteiger partial charge in [0.25, 0.3) is 5.69 Å². The summed E-state index contributed by atoms with van der Waals surface area (Å²) in [5.74, 6) is 0.870. The van der Waals surface area contributed by atoms with E-state index < -0.39 is 4.92 Å². The number of nitro groups is 1. The average Bonchev–Trinajstić information content (AvgIpc) is 3.29. The van der Waals surface area contributed by atoms with Gasteiger partial charge in [0, 0.05) is 44.2 Å². The number of ether oxygens (including phenoxy) is 1. The Morgan fingerprint density at radius 2 is 1.91 bits per heavy atom. The van der Waals surface area contributed by atoms with Gasteiger partial charge in [-0.1, -0.05) is 24.3 Å². The molecule has 11 nitrogen and oxygen atoms in total. The fraction of sp³-hybridized carbons (Fsp3) is 0.304. The van der Waals surface area contributed by atoms with E-state index in [4.69, 9.17) is 9.72 Å². The molecule has 0 radical (unpaired) electrons. The summed E-state index contributed by atoms with van der Waals surface area (Å²) in [6, 6.07) is 14.0. The van der Waals surface area contributed by atoms with Gasteiger partial charge in [-0.3, -0.25) is 14.9 Å². The maximum Gasteiger partial charge on any atom is 0.280 e. The molecule has 0 spiro atoms. The Balaban J connectivity index is 1.67. The maximum atomic E-state index is 12.4. The lowest BCUT2D eigenvalue weighted by Gasteiger charge is -2.40. The Morgan fingerprint density at radius 3 is 2.68 bits per heavy atom. The molecule has 1 aliphatic heterocycles. The molecule has 34 heavy (non-hydrogen) atoms. The van der Waals surface area contributed by atoms with Crippen molar-refractivity contribution in [3.05, 3.63) is 58.6 Å². The lowest BCUT2D eigenvalue weighted by Crippen LogP contribution is -2.55. The average molecular weight is 461 g/mol. The van der Waals surface area contributed by atoms with E-state index in [1.807, 2.05) is 31.2 Å². The third-order valence-electron chi connectivity index (χ3n) is 6.07. The largest absolute Gasteiger partial charge is 0.375 e. The number of methoxy groups -OCH3 is 1. The van der Waals surface area contributed by atoms with Crippen LogP contribution in [-0.4, -0.2) is 74.7 Å². The second-order valence-electron chi connectivity index (χ2n) is 8.20. The van der Waals surface area contributed by atoms with Gasteiger partial charge < -0.3 is 14.5 Å². The smallest absolute Gasteiger partial charge is 0.280 e. The zero-order chi connectivity index (χ0) is 23.8. The number of piperazine rings is 1. The molecular weight excluding hydrogens is 438 g/mol. The van der Waals surface area contributed by atoms with Crippen LogP contribution in [0.1, 0.15) is 6.92 Å². The first-order valence-corrected chi connectivity index (χ1v) is 10.9. The van der Waals surface area contributed by atoms with Gasteiger partial charge in [-0.05, 0) is 25.1 Å². The van der Waals surface area contributed by atoms with Crippen LogP contribution in [0.2, 0.25) is 0 Å². The van der Waals surface area contributed by atoms with Gasteiger partial charge in [0.1, 0.15) is 6.61 Å². The molecule has 2 aromatic carbocycles. The molecule has 0 N–H and O–H groups in total. The first kappa shape index (κ1) is 21.7. The third kappa shape index (κ3) is 3.59. The Kier molecular flexibility index (Phi) is 5.54. The predicted molar refractivity (Wildman–Crippen MR) is 126 cm³/mol. The van der Waals surface area contributed by atoms with Crippen molar-refractivity contribution >= 4 is 34.1 Å². The number of para-hydroxylation sites is 2. The zero-order valence-corrected chi connectivity index (χ0v) is 18.8. The van der Waals surface area contributed by atoms with Crippen molar-refractivity contribution in [2.75, 3.05) is 38.3 Å². The Bertz CT molecular complexity index is 1400. The fourth-order valence-corrected chi connectivity index (χ4v) is 4.49. The highest BCUT2D eigenvalue weighted by Gasteiger charge is 2.31. The number of rotatable bonds is 5. The topological polar surface area (TPSA) is 119 Å². The molecule has 4 aromatic rings. The van der Waals surface area contributed by atoms with Crippen molar-refractivity contribution in [3.63, 3.8) is 0 Å². The number of nitrogens with zero attached hydrogens (tertiary/aromatic N) is 7. The third-order valence-corrected chi connectivity index (χ3v) is 6.07. The monoisotopic (exact) mass is 461 g/mol. The number of fused-ring (bicyclic) bond motifs is 3. The lowest BCUT2D eigenvalue weighted by molar-refractivity contribution is -0.384. The molecule has 174 valence electrons. The highest BCUT2D eigenvalue weighted by molar-refractivity contribution is 5.93. The minimum atomic E-state index is -0.424. The summed E-state index contributed by atoms with van der Waals surface area (Å²) >= 11 is 0. The van der Waals surface area contributed by atoms with Gasteiger partial charge in [0.15, 0.2) is 11.5 Å². The molecule has 1 fully saturated rings. The van der Waals surface area contributed by atoms with Crippen LogP contribution in [0.15, 0.2) is 48.5 Å². The maximum absolute atomic E-state index is 12.4. The van der Waals surface area contributed by atoms with Crippen LogP contribution in [0.25, 0.3) is 27.9 Å². The number of carbonyl (C=O) groups is 1. The Labute approximate surface area is 194 Å². The fourth-order valence-electron chi connectivity index (χ4n) is 4.49. The van der Waals surface area contributed by atoms with E-state index in [0.717, 1.165) is 10.9 Å². The van der Waals surface area contributed by atoms with E-state index in [1.165, 1.54) is 13.2 Å². The van der Waals surface area contributed by atoms with E-state index in [1.54, 1.807) is 27.5 Å². The van der Waals surface area contributed by atoms with Crippen LogP contribution in [0, 0.1) is 10.1 Å². The molecule has 1 atom stereocenters. The van der Waals surface area contributed by atoms with E-state index in [9.17, 15) is 14.9 Å². The lowest BCUT2D eigenvalue weighted by atomic mass is 10.1. The first-order valence-electron chi connectivity index (χ1n) is 10.9. The van der Waals surface area contributed by atoms with Gasteiger partial charge in [0.05, 0.1) is 16.0 Å². The zero-order valence-electron chi connectivity index (χ0n) is 18.8. The van der Waals surface area contributed by atoms with Crippen LogP contribution < -0.4 is 4.90 Å². The van der Waals surface area contributed by atoms with E-state index >= 15 is 0 Å². The molecule has 1 saturated heterocycles. The Morgan fingerprint density at radius 1 is 1.15 bits per heavy atom. The minimum Gasteiger partial charge on any atom is -0.375 e. The standard InChI is InChI=1S/C23H23N7O4/c1-15-13-27(11-12-28(15)20(31)14-34-2)23-24-18-9-5-3-7-16(18)21-25-26-22(29(21)23)17-8-4-6-10-19(17)30(32)33/h3-10,15H,11-14H2,1-2H3/t15-/m0/s1. The van der Waals surface area contributed by atoms with Crippen molar-refractivity contribution < 1.29 is 14.5 Å². The molecule has 1 amide bonds. The first-order chi connectivity index (χ1) is 16.5. The van der Waals surface area contributed by atoms with Crippen LogP contribution >= 0.6 is 0 Å². The van der Waals surface area contributed by atoms with Gasteiger partial charge in [0.2, 0.25) is 11.9 Å². The normalized spacial score (nSPS) is 16.4. The molecule has 0 unspecified atom stereocenters. The van der Waals surface area contributed by atoms with Crippen molar-refractivity contribution in [2.45, 2.75) is 13.0 Å². The molecule has 0 bridgehead atoms. The quantitative estimate of drug-likeness (QED) is 0.329. The highest BCUT2D eigenvalue weighted by atomic mass is 16.6. The summed E-state index contributed by atoms with van der Waals surface area (Å²) in [6.07, 6.45) is 0. The summed E-state index contributed by atoms with van der Waals surface area (Å²) in [5.41, 5.74) is 1.62. The van der Waals surface area contributed by atoms with Crippen LogP contribution in [0.3, 0.4) is 0 Å². The number of hydrogen-bond acceptors (Lipinski definition) is 8. The molecule has 1 aliphatic rings. The predicted octanol–water partition coefficient (Wildman–Crippen LogP) is 2.54. The molecule has 0 aliphatic carbocycles.